The number of imidazole rings is 1. The lowest BCUT2D eigenvalue weighted by atomic mass is 9.95. The zero-order valence-corrected chi connectivity index (χ0v) is 19.8. The molecule has 0 radical (unpaired) electrons. The van der Waals surface area contributed by atoms with E-state index in [9.17, 15) is 17.2 Å². The number of rotatable bonds is 8. The third kappa shape index (κ3) is 5.26. The molecule has 0 atom stereocenters. The molecule has 0 N–H and O–H groups in total. The fraction of sp³-hybridized carbons (Fsp3) is 0.478. The van der Waals surface area contributed by atoms with Crippen molar-refractivity contribution in [2.24, 2.45) is 0 Å². The lowest BCUT2D eigenvalue weighted by Gasteiger charge is -2.20. The lowest BCUT2D eigenvalue weighted by Crippen LogP contribution is -2.20. The van der Waals surface area contributed by atoms with E-state index in [-0.39, 0.29) is 33.9 Å². The van der Waals surface area contributed by atoms with Crippen molar-refractivity contribution in [1.82, 2.24) is 14.5 Å². The maximum absolute atomic E-state index is 13.3. The maximum Gasteiger partial charge on any atom is 0.245 e. The van der Waals surface area contributed by atoms with E-state index < -0.39 is 15.8 Å². The van der Waals surface area contributed by atoms with Crippen LogP contribution in [-0.4, -0.2) is 35.5 Å². The van der Waals surface area contributed by atoms with Gasteiger partial charge < -0.3 is 9.30 Å². The number of nitrogens with zero attached hydrogens (tertiary/aromatic N) is 3. The first kappa shape index (κ1) is 24.1. The Hall–Kier alpha value is -2.55. The van der Waals surface area contributed by atoms with Gasteiger partial charge in [0.15, 0.2) is 0 Å². The summed E-state index contributed by atoms with van der Waals surface area (Å²) in [5.41, 5.74) is 0.890. The second kappa shape index (κ2) is 8.77. The highest BCUT2D eigenvalue weighted by molar-refractivity contribution is 7.91. The van der Waals surface area contributed by atoms with Crippen molar-refractivity contribution in [1.29, 1.82) is 0 Å². The van der Waals surface area contributed by atoms with Crippen molar-refractivity contribution in [3.63, 3.8) is 0 Å². The molecule has 0 fully saturated rings. The van der Waals surface area contributed by atoms with Gasteiger partial charge in [-0.1, -0.05) is 20.8 Å². The van der Waals surface area contributed by atoms with Crippen molar-refractivity contribution in [3.8, 4) is 5.88 Å². The Morgan fingerprint density at radius 1 is 1.06 bits per heavy atom. The first-order valence-electron chi connectivity index (χ1n) is 10.6. The third-order valence-corrected chi connectivity index (χ3v) is 6.76. The van der Waals surface area contributed by atoms with Crippen LogP contribution in [0.15, 0.2) is 46.3 Å². The summed E-state index contributed by atoms with van der Waals surface area (Å²) in [6, 6.07) is 7.57. The molecule has 0 aliphatic heterocycles. The number of hydrogen-bond acceptors (Lipinski definition) is 5. The predicted molar refractivity (Wildman–Crippen MR) is 119 cm³/mol. The van der Waals surface area contributed by atoms with E-state index in [1.807, 2.05) is 25.3 Å². The van der Waals surface area contributed by atoms with E-state index in [0.717, 1.165) is 18.3 Å². The largest absolute Gasteiger partial charge is 0.478 e. The normalized spacial score (nSPS) is 13.0. The van der Waals surface area contributed by atoms with E-state index >= 15 is 0 Å². The molecule has 3 aromatic rings. The van der Waals surface area contributed by atoms with Gasteiger partial charge >= 0.3 is 0 Å². The highest BCUT2D eigenvalue weighted by Gasteiger charge is 2.26. The average Bonchev–Trinajstić information content (AvgIpc) is 3.06. The minimum absolute atomic E-state index is 0.0796. The lowest BCUT2D eigenvalue weighted by molar-refractivity contribution is 0.00990. The summed E-state index contributed by atoms with van der Waals surface area (Å²) < 4.78 is 60.3. The fourth-order valence-corrected chi connectivity index (χ4v) is 4.83. The van der Waals surface area contributed by atoms with E-state index in [1.54, 1.807) is 13.0 Å². The summed E-state index contributed by atoms with van der Waals surface area (Å²) in [5, 5.41) is 0. The summed E-state index contributed by atoms with van der Waals surface area (Å²) in [4.78, 5) is 8.89. The molecule has 0 aliphatic carbocycles. The van der Waals surface area contributed by atoms with Crippen molar-refractivity contribution >= 4 is 20.9 Å². The van der Waals surface area contributed by atoms with Gasteiger partial charge in [-0.15, -0.1) is 0 Å². The molecule has 3 rings (SSSR count). The van der Waals surface area contributed by atoms with Crippen LogP contribution in [0.3, 0.4) is 0 Å². The molecule has 1 aromatic carbocycles. The first-order chi connectivity index (χ1) is 14.8. The molecule has 0 bridgehead atoms. The smallest absolute Gasteiger partial charge is 0.245 e. The number of alkyl halides is 2. The van der Waals surface area contributed by atoms with Gasteiger partial charge in [-0.2, -0.15) is 0 Å². The molecule has 174 valence electrons. The number of hydrogen-bond donors (Lipinski definition) is 0. The van der Waals surface area contributed by atoms with Gasteiger partial charge in [-0.25, -0.2) is 27.2 Å². The van der Waals surface area contributed by atoms with Crippen LogP contribution in [0.4, 0.5) is 8.78 Å². The van der Waals surface area contributed by atoms with Crippen molar-refractivity contribution in [3.05, 3.63) is 42.4 Å². The molecule has 0 saturated carbocycles. The second-order valence-corrected chi connectivity index (χ2v) is 10.9. The van der Waals surface area contributed by atoms with Crippen LogP contribution >= 0.6 is 0 Å². The number of aryl methyl sites for hydroxylation is 1. The van der Waals surface area contributed by atoms with Crippen molar-refractivity contribution in [2.75, 3.05) is 6.61 Å². The zero-order valence-electron chi connectivity index (χ0n) is 19.0. The molecule has 2 heterocycles. The van der Waals surface area contributed by atoms with Crippen LogP contribution in [0.2, 0.25) is 0 Å². The molecule has 9 heteroatoms. The average molecular weight is 466 g/mol. The highest BCUT2D eigenvalue weighted by atomic mass is 32.2. The molecule has 6 nitrogen and oxygen atoms in total. The van der Waals surface area contributed by atoms with Crippen LogP contribution in [0.1, 0.15) is 53.3 Å². The second-order valence-electron chi connectivity index (χ2n) is 8.93. The molecule has 0 saturated heterocycles. The van der Waals surface area contributed by atoms with E-state index in [4.69, 9.17) is 4.74 Å². The summed E-state index contributed by atoms with van der Waals surface area (Å²) >= 11 is 0. The van der Waals surface area contributed by atoms with E-state index in [0.29, 0.717) is 18.7 Å². The number of pyridine rings is 1. The molecule has 0 spiro atoms. The Balaban J connectivity index is 2.04. The molecule has 0 unspecified atom stereocenters. The molecule has 2 aromatic heterocycles. The number of ether oxygens (including phenoxy) is 1. The highest BCUT2D eigenvalue weighted by Crippen LogP contribution is 2.31. The monoisotopic (exact) mass is 465 g/mol. The zero-order chi connectivity index (χ0) is 23.7. The standard InChI is InChI=1S/C23H29F2N3O3S/c1-6-31-20-15-17(10-12-26-20)32(29,30)16-8-9-19-18(14-16)27-21(22(2,3)4)28(19)13-7-11-23(5,24)25/h8-10,12,14-15H,6-7,11,13H2,1-5H3. The van der Waals surface area contributed by atoms with Gasteiger partial charge in [0.2, 0.25) is 21.6 Å². The Morgan fingerprint density at radius 2 is 1.75 bits per heavy atom. The number of benzene rings is 1. The van der Waals surface area contributed by atoms with E-state index in [2.05, 4.69) is 9.97 Å². The Morgan fingerprint density at radius 3 is 2.38 bits per heavy atom. The Labute approximate surface area is 187 Å². The Kier molecular flexibility index (Phi) is 6.60. The summed E-state index contributed by atoms with van der Waals surface area (Å²) in [6.45, 7) is 9.42. The topological polar surface area (TPSA) is 74.1 Å². The molecular weight excluding hydrogens is 436 g/mol. The van der Waals surface area contributed by atoms with Crippen LogP contribution in [0.25, 0.3) is 11.0 Å². The number of halogens is 2. The molecule has 0 aliphatic rings. The molecule has 32 heavy (non-hydrogen) atoms. The number of aromatic nitrogens is 3. The number of fused-ring (bicyclic) bond motifs is 1. The van der Waals surface area contributed by atoms with Crippen molar-refractivity contribution < 1.29 is 21.9 Å². The van der Waals surface area contributed by atoms with Crippen LogP contribution in [0.5, 0.6) is 5.88 Å². The Bertz CT molecular complexity index is 1210. The van der Waals surface area contributed by atoms with Crippen LogP contribution < -0.4 is 4.74 Å². The van der Waals surface area contributed by atoms with Gasteiger partial charge in [0.25, 0.3) is 0 Å². The number of sulfone groups is 1. The molecule has 0 amide bonds. The summed E-state index contributed by atoms with van der Waals surface area (Å²) in [5.74, 6) is -1.77. The maximum atomic E-state index is 13.3. The van der Waals surface area contributed by atoms with E-state index in [1.165, 1.54) is 30.5 Å². The minimum atomic E-state index is -3.82. The van der Waals surface area contributed by atoms with Crippen LogP contribution in [0, 0.1) is 0 Å². The third-order valence-electron chi connectivity index (χ3n) is 5.01. The molecular formula is C23H29F2N3O3S. The van der Waals surface area contributed by atoms with Gasteiger partial charge in [0.1, 0.15) is 5.82 Å². The van der Waals surface area contributed by atoms with Gasteiger partial charge in [0.05, 0.1) is 27.4 Å². The van der Waals surface area contributed by atoms with Gasteiger partial charge in [-0.05, 0) is 44.5 Å². The first-order valence-corrected chi connectivity index (χ1v) is 12.0. The van der Waals surface area contributed by atoms with Crippen LogP contribution in [-0.2, 0) is 21.8 Å². The SMILES string of the molecule is CCOc1cc(S(=O)(=O)c2ccc3c(c2)nc(C(C)(C)C)n3CCCC(C)(F)F)ccn1. The summed E-state index contributed by atoms with van der Waals surface area (Å²) in [6.07, 6.45) is 1.45. The minimum Gasteiger partial charge on any atom is -0.478 e. The predicted octanol–water partition coefficient (Wildman–Crippen LogP) is 5.40. The van der Waals surface area contributed by atoms with Gasteiger partial charge in [0, 0.05) is 30.6 Å². The van der Waals surface area contributed by atoms with Crippen molar-refractivity contribution in [2.45, 2.75) is 75.1 Å². The summed E-state index contributed by atoms with van der Waals surface area (Å²) in [7, 11) is -3.82. The quantitative estimate of drug-likeness (QED) is 0.446. The van der Waals surface area contributed by atoms with Gasteiger partial charge in [-0.3, -0.25) is 0 Å². The fourth-order valence-electron chi connectivity index (χ4n) is 3.54.